The molecule has 0 radical (unpaired) electrons. The van der Waals surface area contributed by atoms with Crippen molar-refractivity contribution >= 4 is 17.4 Å². The number of carbonyl (C=O) groups excluding carboxylic acids is 1. The third-order valence-electron chi connectivity index (χ3n) is 3.66. The molecular weight excluding hydrogens is 326 g/mol. The molecule has 0 saturated heterocycles. The lowest BCUT2D eigenvalue weighted by Gasteiger charge is -2.23. The van der Waals surface area contributed by atoms with Crippen LogP contribution in [0.1, 0.15) is 42.2 Å². The average molecular weight is 351 g/mol. The fraction of sp³-hybridized carbons (Fsp3) is 0.562. The molecule has 132 valence electrons. The highest BCUT2D eigenvalue weighted by molar-refractivity contribution is 7.09. The lowest BCUT2D eigenvalue weighted by Crippen LogP contribution is -2.41. The molecule has 2 aromatic rings. The Labute approximate surface area is 146 Å². The molecule has 0 aliphatic heterocycles. The van der Waals surface area contributed by atoms with Gasteiger partial charge in [-0.15, -0.1) is 11.3 Å². The Balaban J connectivity index is 1.99. The Kier molecular flexibility index (Phi) is 6.33. The summed E-state index contributed by atoms with van der Waals surface area (Å²) in [5.74, 6) is 0.402. The van der Waals surface area contributed by atoms with Crippen molar-refractivity contribution in [2.24, 2.45) is 7.05 Å². The van der Waals surface area contributed by atoms with Crippen molar-refractivity contribution in [2.45, 2.75) is 32.4 Å². The summed E-state index contributed by atoms with van der Waals surface area (Å²) in [6, 6.07) is 1.45. The predicted molar refractivity (Wildman–Crippen MR) is 94.0 cm³/mol. The van der Waals surface area contributed by atoms with Crippen LogP contribution in [0.4, 0.5) is 4.79 Å². The van der Waals surface area contributed by atoms with E-state index < -0.39 is 0 Å². The molecule has 0 bridgehead atoms. The summed E-state index contributed by atoms with van der Waals surface area (Å²) in [6.07, 6.45) is 1.70. The minimum atomic E-state index is -0.251. The van der Waals surface area contributed by atoms with Crippen LogP contribution in [0.2, 0.25) is 0 Å². The van der Waals surface area contributed by atoms with Crippen LogP contribution in [0.3, 0.4) is 0 Å². The summed E-state index contributed by atoms with van der Waals surface area (Å²) in [5, 5.41) is 10.2. The largest absolute Gasteiger partial charge is 0.382 e. The molecule has 2 heterocycles. The van der Waals surface area contributed by atoms with E-state index in [9.17, 15) is 4.79 Å². The SMILES string of the molecule is COC[C@H](NC(=O)N(C)Cc1csc(C(C)C)n1)c1ccnn1C. The number of urea groups is 1. The van der Waals surface area contributed by atoms with Gasteiger partial charge in [-0.25, -0.2) is 9.78 Å². The van der Waals surface area contributed by atoms with Crippen molar-refractivity contribution in [1.82, 2.24) is 25.0 Å². The molecule has 0 aromatic carbocycles. The second-order valence-electron chi connectivity index (χ2n) is 6.02. The van der Waals surface area contributed by atoms with Crippen molar-refractivity contribution in [1.29, 1.82) is 0 Å². The third kappa shape index (κ3) is 4.55. The van der Waals surface area contributed by atoms with Crippen LogP contribution in [0.25, 0.3) is 0 Å². The summed E-state index contributed by atoms with van der Waals surface area (Å²) in [7, 11) is 5.22. The molecule has 0 saturated carbocycles. The van der Waals surface area contributed by atoms with Crippen LogP contribution >= 0.6 is 11.3 Å². The number of hydrogen-bond donors (Lipinski definition) is 1. The smallest absolute Gasteiger partial charge is 0.318 e. The van der Waals surface area contributed by atoms with E-state index in [1.54, 1.807) is 41.3 Å². The summed E-state index contributed by atoms with van der Waals surface area (Å²) >= 11 is 1.63. The zero-order chi connectivity index (χ0) is 17.7. The van der Waals surface area contributed by atoms with E-state index in [4.69, 9.17) is 4.74 Å². The number of ether oxygens (including phenoxy) is 1. The first kappa shape index (κ1) is 18.4. The second-order valence-corrected chi connectivity index (χ2v) is 6.91. The normalized spacial score (nSPS) is 12.4. The van der Waals surface area contributed by atoms with E-state index in [-0.39, 0.29) is 12.1 Å². The molecule has 2 aromatic heterocycles. The number of nitrogens with zero attached hydrogens (tertiary/aromatic N) is 4. The van der Waals surface area contributed by atoms with Crippen LogP contribution < -0.4 is 5.32 Å². The van der Waals surface area contributed by atoms with Crippen molar-refractivity contribution in [3.05, 3.63) is 34.0 Å². The number of carbonyl (C=O) groups is 1. The number of hydrogen-bond acceptors (Lipinski definition) is 5. The highest BCUT2D eigenvalue weighted by Crippen LogP contribution is 2.20. The van der Waals surface area contributed by atoms with Crippen LogP contribution in [-0.2, 0) is 18.3 Å². The zero-order valence-electron chi connectivity index (χ0n) is 14.8. The maximum Gasteiger partial charge on any atom is 0.318 e. The van der Waals surface area contributed by atoms with Gasteiger partial charge in [0.25, 0.3) is 0 Å². The number of amides is 2. The topological polar surface area (TPSA) is 72.3 Å². The molecule has 7 nitrogen and oxygen atoms in total. The molecule has 2 amide bonds. The first-order chi connectivity index (χ1) is 11.4. The van der Waals surface area contributed by atoms with Crippen LogP contribution in [0.15, 0.2) is 17.6 Å². The minimum absolute atomic E-state index is 0.169. The average Bonchev–Trinajstić information content (AvgIpc) is 3.15. The summed E-state index contributed by atoms with van der Waals surface area (Å²) in [5.41, 5.74) is 1.81. The standard InChI is InChI=1S/C16H25N5O2S/c1-11(2)15-18-12(10-24-15)8-20(3)16(22)19-13(9-23-5)14-6-7-17-21(14)4/h6-7,10-11,13H,8-9H2,1-5H3,(H,19,22)/t13-/m0/s1. The van der Waals surface area contributed by atoms with E-state index in [0.717, 1.165) is 16.4 Å². The van der Waals surface area contributed by atoms with Gasteiger partial charge in [0.15, 0.2) is 0 Å². The number of rotatable bonds is 7. The number of methoxy groups -OCH3 is 1. The molecule has 0 fully saturated rings. The van der Waals surface area contributed by atoms with Crippen LogP contribution in [-0.4, -0.2) is 46.5 Å². The van der Waals surface area contributed by atoms with E-state index in [1.807, 2.05) is 18.5 Å². The molecular formula is C16H25N5O2S. The van der Waals surface area contributed by atoms with Gasteiger partial charge in [0, 0.05) is 38.7 Å². The molecule has 0 spiro atoms. The molecule has 0 aliphatic rings. The van der Waals surface area contributed by atoms with Gasteiger partial charge in [0.2, 0.25) is 0 Å². The third-order valence-corrected chi connectivity index (χ3v) is 4.85. The Bertz CT molecular complexity index is 667. The van der Waals surface area contributed by atoms with Gasteiger partial charge < -0.3 is 15.0 Å². The first-order valence-electron chi connectivity index (χ1n) is 7.85. The lowest BCUT2D eigenvalue weighted by molar-refractivity contribution is 0.154. The molecule has 2 rings (SSSR count). The van der Waals surface area contributed by atoms with Gasteiger partial charge in [-0.05, 0) is 6.07 Å². The summed E-state index contributed by atoms with van der Waals surface area (Å²) in [4.78, 5) is 18.7. The zero-order valence-corrected chi connectivity index (χ0v) is 15.6. The van der Waals surface area contributed by atoms with Crippen molar-refractivity contribution in [2.75, 3.05) is 20.8 Å². The fourth-order valence-corrected chi connectivity index (χ4v) is 3.15. The predicted octanol–water partition coefficient (Wildman–Crippen LogP) is 2.53. The molecule has 24 heavy (non-hydrogen) atoms. The van der Waals surface area contributed by atoms with Crippen LogP contribution in [0.5, 0.6) is 0 Å². The summed E-state index contributed by atoms with van der Waals surface area (Å²) < 4.78 is 6.96. The number of nitrogens with one attached hydrogen (secondary N) is 1. The highest BCUT2D eigenvalue weighted by atomic mass is 32.1. The quantitative estimate of drug-likeness (QED) is 0.832. The molecule has 8 heteroatoms. The maximum atomic E-state index is 12.5. The molecule has 1 N–H and O–H groups in total. The summed E-state index contributed by atoms with van der Waals surface area (Å²) in [6.45, 7) is 5.08. The Morgan fingerprint density at radius 3 is 2.79 bits per heavy atom. The van der Waals surface area contributed by atoms with Gasteiger partial charge in [0.1, 0.15) is 0 Å². The Hall–Kier alpha value is -1.93. The molecule has 0 unspecified atom stereocenters. The molecule has 1 atom stereocenters. The van der Waals surface area contributed by atoms with Crippen molar-refractivity contribution in [3.63, 3.8) is 0 Å². The number of aromatic nitrogens is 3. The van der Waals surface area contributed by atoms with Gasteiger partial charge in [-0.1, -0.05) is 13.8 Å². The van der Waals surface area contributed by atoms with Crippen molar-refractivity contribution < 1.29 is 9.53 Å². The van der Waals surface area contributed by atoms with Gasteiger partial charge in [0.05, 0.1) is 35.6 Å². The number of aryl methyl sites for hydroxylation is 1. The fourth-order valence-electron chi connectivity index (χ4n) is 2.33. The van der Waals surface area contributed by atoms with Gasteiger partial charge in [-0.2, -0.15) is 5.10 Å². The monoisotopic (exact) mass is 351 g/mol. The number of thiazole rings is 1. The minimum Gasteiger partial charge on any atom is -0.382 e. The van der Waals surface area contributed by atoms with E-state index >= 15 is 0 Å². The van der Waals surface area contributed by atoms with E-state index in [2.05, 4.69) is 29.2 Å². The highest BCUT2D eigenvalue weighted by Gasteiger charge is 2.20. The van der Waals surface area contributed by atoms with Crippen LogP contribution in [0, 0.1) is 0 Å². The van der Waals surface area contributed by atoms with E-state index in [0.29, 0.717) is 19.1 Å². The van der Waals surface area contributed by atoms with Gasteiger partial charge in [-0.3, -0.25) is 4.68 Å². The Morgan fingerprint density at radius 1 is 1.50 bits per heavy atom. The van der Waals surface area contributed by atoms with Crippen molar-refractivity contribution in [3.8, 4) is 0 Å². The Morgan fingerprint density at radius 2 is 2.25 bits per heavy atom. The first-order valence-corrected chi connectivity index (χ1v) is 8.73. The second kappa shape index (κ2) is 8.25. The molecule has 0 aliphatic carbocycles. The van der Waals surface area contributed by atoms with E-state index in [1.165, 1.54) is 0 Å². The maximum absolute atomic E-state index is 12.5. The lowest BCUT2D eigenvalue weighted by atomic mass is 10.2. The van der Waals surface area contributed by atoms with Gasteiger partial charge >= 0.3 is 6.03 Å².